The molecule has 0 amide bonds. The highest BCUT2D eigenvalue weighted by Crippen LogP contribution is 2.22. The average molecular weight is 242 g/mol. The van der Waals surface area contributed by atoms with Crippen LogP contribution in [0.2, 0.25) is 0 Å². The molecular weight excluding hydrogens is 224 g/mol. The second kappa shape index (κ2) is 5.31. The van der Waals surface area contributed by atoms with Crippen molar-refractivity contribution in [3.63, 3.8) is 0 Å². The molecule has 18 heavy (non-hydrogen) atoms. The molecule has 0 saturated heterocycles. The van der Waals surface area contributed by atoms with Gasteiger partial charge < -0.3 is 5.32 Å². The van der Waals surface area contributed by atoms with Crippen molar-refractivity contribution in [1.82, 2.24) is 20.5 Å². The Kier molecular flexibility index (Phi) is 3.37. The van der Waals surface area contributed by atoms with E-state index in [1.807, 2.05) is 18.5 Å². The molecule has 4 nitrogen and oxygen atoms in total. The van der Waals surface area contributed by atoms with Gasteiger partial charge in [-0.25, -0.2) is 0 Å². The molecule has 0 radical (unpaired) electrons. The van der Waals surface area contributed by atoms with Crippen LogP contribution in [0.15, 0.2) is 30.7 Å². The molecule has 2 aromatic rings. The second-order valence-electron chi connectivity index (χ2n) is 4.87. The van der Waals surface area contributed by atoms with Gasteiger partial charge in [-0.2, -0.15) is 5.10 Å². The largest absolute Gasteiger partial charge is 0.310 e. The molecule has 2 aromatic heterocycles. The summed E-state index contributed by atoms with van der Waals surface area (Å²) in [6.45, 7) is 0.880. The zero-order valence-electron chi connectivity index (χ0n) is 10.4. The van der Waals surface area contributed by atoms with Gasteiger partial charge in [-0.15, -0.1) is 0 Å². The molecule has 0 aromatic carbocycles. The first-order valence-corrected chi connectivity index (χ1v) is 6.59. The average Bonchev–Trinajstić information content (AvgIpc) is 3.09. The molecule has 0 unspecified atom stereocenters. The second-order valence-corrected chi connectivity index (χ2v) is 4.87. The number of pyridine rings is 1. The van der Waals surface area contributed by atoms with E-state index in [0.29, 0.717) is 6.04 Å². The lowest BCUT2D eigenvalue weighted by atomic mass is 10.1. The molecule has 0 atom stereocenters. The SMILES string of the molecule is c1cncc(-c2[nH]ncc2CNC2CCCC2)c1. The fraction of sp³-hybridized carbons (Fsp3) is 0.429. The summed E-state index contributed by atoms with van der Waals surface area (Å²) in [6, 6.07) is 4.69. The van der Waals surface area contributed by atoms with E-state index in [-0.39, 0.29) is 0 Å². The first-order valence-electron chi connectivity index (χ1n) is 6.59. The van der Waals surface area contributed by atoms with Crippen molar-refractivity contribution in [1.29, 1.82) is 0 Å². The smallest absolute Gasteiger partial charge is 0.0710 e. The summed E-state index contributed by atoms with van der Waals surface area (Å²) < 4.78 is 0. The van der Waals surface area contributed by atoms with Crippen LogP contribution in [0.5, 0.6) is 0 Å². The van der Waals surface area contributed by atoms with Crippen molar-refractivity contribution in [3.8, 4) is 11.3 Å². The van der Waals surface area contributed by atoms with E-state index in [2.05, 4.69) is 26.6 Å². The fourth-order valence-corrected chi connectivity index (χ4v) is 2.59. The van der Waals surface area contributed by atoms with Gasteiger partial charge >= 0.3 is 0 Å². The van der Waals surface area contributed by atoms with Crippen molar-refractivity contribution in [3.05, 3.63) is 36.3 Å². The minimum absolute atomic E-state index is 0.682. The molecule has 1 saturated carbocycles. The van der Waals surface area contributed by atoms with Gasteiger partial charge in [0.15, 0.2) is 0 Å². The number of aromatic nitrogens is 3. The van der Waals surface area contributed by atoms with Gasteiger partial charge in [0.05, 0.1) is 11.9 Å². The monoisotopic (exact) mass is 242 g/mol. The van der Waals surface area contributed by atoms with E-state index in [1.165, 1.54) is 31.2 Å². The quantitative estimate of drug-likeness (QED) is 0.866. The van der Waals surface area contributed by atoms with Crippen LogP contribution in [0, 0.1) is 0 Å². The number of rotatable bonds is 4. The number of aromatic amines is 1. The molecule has 94 valence electrons. The van der Waals surface area contributed by atoms with Crippen LogP contribution in [0.25, 0.3) is 11.3 Å². The Labute approximate surface area is 107 Å². The van der Waals surface area contributed by atoms with Crippen LogP contribution in [0.4, 0.5) is 0 Å². The first-order chi connectivity index (χ1) is 8.93. The van der Waals surface area contributed by atoms with Crippen LogP contribution in [0.3, 0.4) is 0 Å². The van der Waals surface area contributed by atoms with Gasteiger partial charge in [0.2, 0.25) is 0 Å². The van der Waals surface area contributed by atoms with E-state index < -0.39 is 0 Å². The Morgan fingerprint density at radius 2 is 2.17 bits per heavy atom. The maximum absolute atomic E-state index is 4.15. The Morgan fingerprint density at radius 3 is 2.94 bits per heavy atom. The summed E-state index contributed by atoms with van der Waals surface area (Å²) in [7, 11) is 0. The molecule has 0 bridgehead atoms. The number of nitrogens with one attached hydrogen (secondary N) is 2. The maximum Gasteiger partial charge on any atom is 0.0710 e. The molecule has 1 fully saturated rings. The van der Waals surface area contributed by atoms with Crippen LogP contribution >= 0.6 is 0 Å². The molecule has 1 aliphatic carbocycles. The molecule has 0 spiro atoms. The fourth-order valence-electron chi connectivity index (χ4n) is 2.59. The summed E-state index contributed by atoms with van der Waals surface area (Å²) in [6.07, 6.45) is 10.9. The zero-order valence-corrected chi connectivity index (χ0v) is 10.4. The third-order valence-electron chi connectivity index (χ3n) is 3.60. The highest BCUT2D eigenvalue weighted by molar-refractivity contribution is 5.61. The van der Waals surface area contributed by atoms with E-state index >= 15 is 0 Å². The summed E-state index contributed by atoms with van der Waals surface area (Å²) in [5, 5.41) is 10.8. The van der Waals surface area contributed by atoms with Gasteiger partial charge in [-0.05, 0) is 25.0 Å². The van der Waals surface area contributed by atoms with Gasteiger partial charge in [0, 0.05) is 36.1 Å². The normalized spacial score (nSPS) is 16.2. The lowest BCUT2D eigenvalue weighted by molar-refractivity contribution is 0.525. The highest BCUT2D eigenvalue weighted by atomic mass is 15.1. The zero-order chi connectivity index (χ0) is 12.2. The van der Waals surface area contributed by atoms with Crippen molar-refractivity contribution in [2.24, 2.45) is 0 Å². The molecule has 2 N–H and O–H groups in total. The van der Waals surface area contributed by atoms with Crippen molar-refractivity contribution in [2.75, 3.05) is 0 Å². The Balaban J connectivity index is 1.71. The lowest BCUT2D eigenvalue weighted by Crippen LogP contribution is -2.25. The van der Waals surface area contributed by atoms with Gasteiger partial charge in [0.1, 0.15) is 0 Å². The highest BCUT2D eigenvalue weighted by Gasteiger charge is 2.15. The van der Waals surface area contributed by atoms with E-state index in [1.54, 1.807) is 6.20 Å². The number of nitrogens with zero attached hydrogens (tertiary/aromatic N) is 2. The lowest BCUT2D eigenvalue weighted by Gasteiger charge is -2.11. The van der Waals surface area contributed by atoms with Gasteiger partial charge in [-0.1, -0.05) is 12.8 Å². The summed E-state index contributed by atoms with van der Waals surface area (Å²) in [4.78, 5) is 4.15. The minimum atomic E-state index is 0.682. The van der Waals surface area contributed by atoms with Crippen molar-refractivity contribution < 1.29 is 0 Å². The van der Waals surface area contributed by atoms with Crippen molar-refractivity contribution in [2.45, 2.75) is 38.3 Å². The summed E-state index contributed by atoms with van der Waals surface area (Å²) >= 11 is 0. The topological polar surface area (TPSA) is 53.6 Å². The van der Waals surface area contributed by atoms with Crippen molar-refractivity contribution >= 4 is 0 Å². The Hall–Kier alpha value is -1.68. The van der Waals surface area contributed by atoms with Gasteiger partial charge in [-0.3, -0.25) is 10.1 Å². The summed E-state index contributed by atoms with van der Waals surface area (Å²) in [5.74, 6) is 0. The third-order valence-corrected chi connectivity index (χ3v) is 3.60. The predicted molar refractivity (Wildman–Crippen MR) is 70.9 cm³/mol. The van der Waals surface area contributed by atoms with Crippen LogP contribution in [-0.4, -0.2) is 21.2 Å². The minimum Gasteiger partial charge on any atom is -0.310 e. The third kappa shape index (κ3) is 2.43. The molecule has 0 aliphatic heterocycles. The first kappa shape index (κ1) is 11.4. The number of H-pyrrole nitrogens is 1. The van der Waals surface area contributed by atoms with Crippen LogP contribution < -0.4 is 5.32 Å². The Bertz CT molecular complexity index is 486. The number of hydrogen-bond acceptors (Lipinski definition) is 3. The van der Waals surface area contributed by atoms with Crippen LogP contribution in [-0.2, 0) is 6.54 Å². The molecule has 3 rings (SSSR count). The molecule has 1 aliphatic rings. The predicted octanol–water partition coefficient (Wildman–Crippen LogP) is 2.50. The Morgan fingerprint density at radius 1 is 1.28 bits per heavy atom. The summed E-state index contributed by atoms with van der Waals surface area (Å²) in [5.41, 5.74) is 3.39. The number of hydrogen-bond donors (Lipinski definition) is 2. The van der Waals surface area contributed by atoms with Crippen LogP contribution in [0.1, 0.15) is 31.2 Å². The van der Waals surface area contributed by atoms with E-state index in [9.17, 15) is 0 Å². The van der Waals surface area contributed by atoms with E-state index in [4.69, 9.17) is 0 Å². The molecule has 2 heterocycles. The molecule has 4 heteroatoms. The standard InChI is InChI=1S/C14H18N4/c1-2-6-13(5-1)16-9-12-10-17-18-14(12)11-4-3-7-15-8-11/h3-4,7-8,10,13,16H,1-2,5-6,9H2,(H,17,18). The molecular formula is C14H18N4. The van der Waals surface area contributed by atoms with Gasteiger partial charge in [0.25, 0.3) is 0 Å². The maximum atomic E-state index is 4.15. The van der Waals surface area contributed by atoms with E-state index in [0.717, 1.165) is 17.8 Å².